The number of rotatable bonds is 3. The van der Waals surface area contributed by atoms with Crippen molar-refractivity contribution in [3.05, 3.63) is 10.6 Å². The summed E-state index contributed by atoms with van der Waals surface area (Å²) >= 11 is 3.18. The molecule has 1 atom stereocenters. The van der Waals surface area contributed by atoms with Crippen LogP contribution in [0.25, 0.3) is 0 Å². The van der Waals surface area contributed by atoms with Crippen LogP contribution < -0.4 is 0 Å². The maximum atomic E-state index is 11.8. The molecule has 4 heteroatoms. The molecular formula is C10H13BrO3. The molecule has 1 N–H and O–H groups in total. The summed E-state index contributed by atoms with van der Waals surface area (Å²) < 4.78 is 0.534. The molecule has 0 bridgehead atoms. The van der Waals surface area contributed by atoms with Crippen LogP contribution in [0.2, 0.25) is 0 Å². The number of halogens is 1. The Balaban J connectivity index is 2.94. The zero-order valence-corrected chi connectivity index (χ0v) is 9.63. The van der Waals surface area contributed by atoms with Gasteiger partial charge in [0.2, 0.25) is 0 Å². The normalized spacial score (nSPS) is 27.3. The predicted octanol–water partition coefficient (Wildman–Crippen LogP) is 2.50. The lowest BCUT2D eigenvalue weighted by Crippen LogP contribution is -2.35. The first-order valence-electron chi connectivity index (χ1n) is 4.64. The van der Waals surface area contributed by atoms with Crippen LogP contribution in [-0.2, 0) is 9.59 Å². The number of carboxylic acids is 1. The summed E-state index contributed by atoms with van der Waals surface area (Å²) in [4.78, 5) is 22.5. The summed E-state index contributed by atoms with van der Waals surface area (Å²) in [6.07, 6.45) is 3.75. The summed E-state index contributed by atoms with van der Waals surface area (Å²) in [5.74, 6) is -0.962. The Morgan fingerprint density at radius 3 is 2.86 bits per heavy atom. The fourth-order valence-corrected chi connectivity index (χ4v) is 2.50. The van der Waals surface area contributed by atoms with Crippen LogP contribution in [0.5, 0.6) is 0 Å². The SMILES string of the molecule is CCC1(CC(=O)O)CCC=C(Br)C1=O. The first-order chi connectivity index (χ1) is 6.52. The van der Waals surface area contributed by atoms with Gasteiger partial charge in [0.05, 0.1) is 10.9 Å². The highest BCUT2D eigenvalue weighted by Crippen LogP contribution is 2.40. The molecule has 0 amide bonds. The molecule has 0 aliphatic heterocycles. The number of carbonyl (C=O) groups excluding carboxylic acids is 1. The standard InChI is InChI=1S/C10H13BrO3/c1-2-10(6-8(12)13)5-3-4-7(11)9(10)14/h4H,2-3,5-6H2,1H3,(H,12,13). The second-order valence-corrected chi connectivity index (χ2v) is 4.48. The van der Waals surface area contributed by atoms with Crippen molar-refractivity contribution in [2.24, 2.45) is 5.41 Å². The number of allylic oxidation sites excluding steroid dienone is 2. The lowest BCUT2D eigenvalue weighted by atomic mass is 9.71. The Hall–Kier alpha value is -0.640. The Bertz CT molecular complexity index is 296. The van der Waals surface area contributed by atoms with Gasteiger partial charge in [-0.1, -0.05) is 13.0 Å². The monoisotopic (exact) mass is 260 g/mol. The van der Waals surface area contributed by atoms with E-state index < -0.39 is 11.4 Å². The molecule has 78 valence electrons. The fourth-order valence-electron chi connectivity index (χ4n) is 1.86. The molecule has 0 heterocycles. The van der Waals surface area contributed by atoms with Crippen LogP contribution in [0.15, 0.2) is 10.6 Å². The lowest BCUT2D eigenvalue weighted by molar-refractivity contribution is -0.144. The van der Waals surface area contributed by atoms with Gasteiger partial charge in [-0.15, -0.1) is 0 Å². The van der Waals surface area contributed by atoms with E-state index in [1.165, 1.54) is 0 Å². The topological polar surface area (TPSA) is 54.4 Å². The highest BCUT2D eigenvalue weighted by molar-refractivity contribution is 9.12. The molecule has 0 saturated heterocycles. The van der Waals surface area contributed by atoms with Crippen molar-refractivity contribution >= 4 is 27.7 Å². The van der Waals surface area contributed by atoms with Crippen molar-refractivity contribution in [2.75, 3.05) is 0 Å². The molecule has 1 aliphatic rings. The number of carbonyl (C=O) groups is 2. The van der Waals surface area contributed by atoms with Gasteiger partial charge in [0.25, 0.3) is 0 Å². The molecule has 0 spiro atoms. The van der Waals surface area contributed by atoms with E-state index in [0.717, 1.165) is 6.42 Å². The van der Waals surface area contributed by atoms with E-state index in [1.807, 2.05) is 13.0 Å². The molecule has 0 aromatic heterocycles. The van der Waals surface area contributed by atoms with Crippen molar-refractivity contribution in [3.8, 4) is 0 Å². The van der Waals surface area contributed by atoms with Crippen LogP contribution in [0, 0.1) is 5.41 Å². The zero-order chi connectivity index (χ0) is 10.8. The van der Waals surface area contributed by atoms with Crippen LogP contribution in [0.4, 0.5) is 0 Å². The average Bonchev–Trinajstić information content (AvgIpc) is 2.12. The van der Waals surface area contributed by atoms with Gasteiger partial charge in [-0.05, 0) is 35.2 Å². The van der Waals surface area contributed by atoms with E-state index in [4.69, 9.17) is 5.11 Å². The van der Waals surface area contributed by atoms with Crippen LogP contribution >= 0.6 is 15.9 Å². The minimum atomic E-state index is -0.901. The molecule has 0 aromatic rings. The summed E-state index contributed by atoms with van der Waals surface area (Å²) in [5.41, 5.74) is -0.681. The number of carboxylic acid groups (broad SMARTS) is 1. The number of Topliss-reactive ketones (excluding diaryl/α,β-unsaturated/α-hetero) is 1. The van der Waals surface area contributed by atoms with E-state index in [1.54, 1.807) is 0 Å². The maximum absolute atomic E-state index is 11.8. The van der Waals surface area contributed by atoms with Gasteiger partial charge >= 0.3 is 5.97 Å². The Morgan fingerprint density at radius 2 is 2.36 bits per heavy atom. The highest BCUT2D eigenvalue weighted by Gasteiger charge is 2.41. The molecule has 0 radical (unpaired) electrons. The summed E-state index contributed by atoms with van der Waals surface area (Å²) in [6.45, 7) is 1.87. The van der Waals surface area contributed by atoms with Gasteiger partial charge in [-0.3, -0.25) is 9.59 Å². The van der Waals surface area contributed by atoms with Gasteiger partial charge in [0.1, 0.15) is 0 Å². The highest BCUT2D eigenvalue weighted by atomic mass is 79.9. The number of aliphatic carboxylic acids is 1. The van der Waals surface area contributed by atoms with Gasteiger partial charge in [-0.25, -0.2) is 0 Å². The number of hydrogen-bond acceptors (Lipinski definition) is 2. The Labute approximate surface area is 91.3 Å². The second-order valence-electron chi connectivity index (χ2n) is 3.62. The van der Waals surface area contributed by atoms with Gasteiger partial charge in [0.15, 0.2) is 5.78 Å². The molecule has 0 saturated carbocycles. The lowest BCUT2D eigenvalue weighted by Gasteiger charge is -2.32. The smallest absolute Gasteiger partial charge is 0.304 e. The molecular weight excluding hydrogens is 248 g/mol. The summed E-state index contributed by atoms with van der Waals surface area (Å²) in [7, 11) is 0. The van der Waals surface area contributed by atoms with Crippen molar-refractivity contribution in [2.45, 2.75) is 32.6 Å². The van der Waals surface area contributed by atoms with Gasteiger partial charge in [0, 0.05) is 5.41 Å². The van der Waals surface area contributed by atoms with Crippen molar-refractivity contribution in [3.63, 3.8) is 0 Å². The quantitative estimate of drug-likeness (QED) is 0.849. The van der Waals surface area contributed by atoms with E-state index in [-0.39, 0.29) is 12.2 Å². The average molecular weight is 261 g/mol. The van der Waals surface area contributed by atoms with Crippen molar-refractivity contribution in [1.82, 2.24) is 0 Å². The Morgan fingerprint density at radius 1 is 1.71 bits per heavy atom. The minimum absolute atomic E-state index is 0.0614. The molecule has 3 nitrogen and oxygen atoms in total. The zero-order valence-electron chi connectivity index (χ0n) is 8.05. The molecule has 14 heavy (non-hydrogen) atoms. The molecule has 0 aromatic carbocycles. The Kier molecular flexibility index (Phi) is 3.48. The van der Waals surface area contributed by atoms with E-state index >= 15 is 0 Å². The van der Waals surface area contributed by atoms with E-state index in [2.05, 4.69) is 15.9 Å². The van der Waals surface area contributed by atoms with Crippen LogP contribution in [-0.4, -0.2) is 16.9 Å². The summed E-state index contributed by atoms with van der Waals surface area (Å²) in [6, 6.07) is 0. The van der Waals surface area contributed by atoms with E-state index in [0.29, 0.717) is 17.3 Å². The largest absolute Gasteiger partial charge is 0.481 e. The molecule has 0 fully saturated rings. The minimum Gasteiger partial charge on any atom is -0.481 e. The van der Waals surface area contributed by atoms with Gasteiger partial charge in [-0.2, -0.15) is 0 Å². The number of ketones is 1. The number of hydrogen-bond donors (Lipinski definition) is 1. The van der Waals surface area contributed by atoms with Crippen molar-refractivity contribution < 1.29 is 14.7 Å². The maximum Gasteiger partial charge on any atom is 0.304 e. The summed E-state index contributed by atoms with van der Waals surface area (Å²) in [5, 5.41) is 8.78. The third kappa shape index (κ3) is 2.05. The van der Waals surface area contributed by atoms with Gasteiger partial charge < -0.3 is 5.11 Å². The fraction of sp³-hybridized carbons (Fsp3) is 0.600. The molecule has 1 rings (SSSR count). The van der Waals surface area contributed by atoms with E-state index in [9.17, 15) is 9.59 Å². The van der Waals surface area contributed by atoms with Crippen LogP contribution in [0.3, 0.4) is 0 Å². The first kappa shape index (κ1) is 11.4. The third-order valence-corrected chi connectivity index (χ3v) is 3.50. The van der Waals surface area contributed by atoms with Crippen LogP contribution in [0.1, 0.15) is 32.6 Å². The van der Waals surface area contributed by atoms with Crippen molar-refractivity contribution in [1.29, 1.82) is 0 Å². The predicted molar refractivity (Wildman–Crippen MR) is 56.2 cm³/mol. The second kappa shape index (κ2) is 4.26. The first-order valence-corrected chi connectivity index (χ1v) is 5.43. The third-order valence-electron chi connectivity index (χ3n) is 2.81. The molecule has 1 aliphatic carbocycles. The molecule has 1 unspecified atom stereocenters.